The summed E-state index contributed by atoms with van der Waals surface area (Å²) in [6.45, 7) is 4.94. The van der Waals surface area contributed by atoms with Crippen molar-refractivity contribution in [1.29, 1.82) is 0 Å². The number of amides is 1. The highest BCUT2D eigenvalue weighted by Crippen LogP contribution is 2.18. The van der Waals surface area contributed by atoms with Crippen molar-refractivity contribution < 1.29 is 24.5 Å². The van der Waals surface area contributed by atoms with Gasteiger partial charge in [0.25, 0.3) is 0 Å². The fraction of sp³-hybridized carbons (Fsp3) is 0.933. The summed E-state index contributed by atoms with van der Waals surface area (Å²) < 4.78 is 5.49. The predicted octanol–water partition coefficient (Wildman–Crippen LogP) is 18.5. The first-order chi connectivity index (χ1) is 32.5. The molecule has 0 aromatic carbocycles. The van der Waals surface area contributed by atoms with Gasteiger partial charge in [-0.3, -0.25) is 9.59 Å². The highest BCUT2D eigenvalue weighted by atomic mass is 16.5. The molecule has 0 saturated carbocycles. The Morgan fingerprint density at radius 3 is 1.08 bits per heavy atom. The molecule has 0 heterocycles. The van der Waals surface area contributed by atoms with Gasteiger partial charge in [0.15, 0.2) is 0 Å². The summed E-state index contributed by atoms with van der Waals surface area (Å²) in [5.41, 5.74) is 0. The second kappa shape index (κ2) is 56.2. The number of carbonyl (C=O) groups is 2. The van der Waals surface area contributed by atoms with Crippen molar-refractivity contribution in [2.45, 2.75) is 347 Å². The summed E-state index contributed by atoms with van der Waals surface area (Å²) in [6.07, 6.45) is 66.3. The van der Waals surface area contributed by atoms with Gasteiger partial charge >= 0.3 is 5.97 Å². The lowest BCUT2D eigenvalue weighted by molar-refractivity contribution is -0.143. The van der Waals surface area contributed by atoms with Crippen molar-refractivity contribution in [2.75, 3.05) is 13.2 Å². The number of unbranched alkanes of at least 4 members (excludes halogenated alkanes) is 43. The van der Waals surface area contributed by atoms with Crippen LogP contribution in [0, 0.1) is 0 Å². The first-order valence-electron chi connectivity index (χ1n) is 29.9. The van der Waals surface area contributed by atoms with Gasteiger partial charge in [0.1, 0.15) is 0 Å². The maximum atomic E-state index is 12.5. The number of nitrogens with one attached hydrogen (secondary N) is 1. The van der Waals surface area contributed by atoms with Gasteiger partial charge in [-0.05, 0) is 51.4 Å². The number of allylic oxidation sites excluding steroid dienone is 2. The van der Waals surface area contributed by atoms with Crippen LogP contribution in [0.15, 0.2) is 12.2 Å². The van der Waals surface area contributed by atoms with E-state index in [0.717, 1.165) is 57.8 Å². The zero-order valence-electron chi connectivity index (χ0n) is 44.7. The summed E-state index contributed by atoms with van der Waals surface area (Å²) in [6, 6.07) is -0.553. The average Bonchev–Trinajstić information content (AvgIpc) is 3.32. The fourth-order valence-electron chi connectivity index (χ4n) is 9.46. The molecule has 0 aliphatic rings. The van der Waals surface area contributed by atoms with E-state index >= 15 is 0 Å². The van der Waals surface area contributed by atoms with Gasteiger partial charge in [-0.25, -0.2) is 0 Å². The molecule has 0 aromatic heterocycles. The monoisotopic (exact) mass is 932 g/mol. The minimum Gasteiger partial charge on any atom is -0.466 e. The Kier molecular flexibility index (Phi) is 55.0. The minimum absolute atomic E-state index is 0.00855. The summed E-state index contributed by atoms with van der Waals surface area (Å²) in [4.78, 5) is 24.6. The Hall–Kier alpha value is -1.40. The van der Waals surface area contributed by atoms with E-state index in [1.807, 2.05) is 0 Å². The van der Waals surface area contributed by atoms with Crippen molar-refractivity contribution in [2.24, 2.45) is 0 Å². The Bertz CT molecular complexity index is 986. The fourth-order valence-corrected chi connectivity index (χ4v) is 9.46. The molecule has 0 rings (SSSR count). The van der Waals surface area contributed by atoms with E-state index in [0.29, 0.717) is 25.9 Å². The van der Waals surface area contributed by atoms with Crippen LogP contribution in [0.4, 0.5) is 0 Å². The number of ether oxygens (including phenoxy) is 1. The zero-order valence-corrected chi connectivity index (χ0v) is 44.7. The molecular formula is C60H117NO5. The number of esters is 1. The number of rotatable bonds is 56. The van der Waals surface area contributed by atoms with Gasteiger partial charge in [0, 0.05) is 12.8 Å². The molecule has 0 saturated heterocycles. The van der Waals surface area contributed by atoms with Crippen molar-refractivity contribution in [3.63, 3.8) is 0 Å². The molecule has 0 aliphatic heterocycles. The van der Waals surface area contributed by atoms with Crippen LogP contribution in [0.2, 0.25) is 0 Å². The van der Waals surface area contributed by atoms with Crippen molar-refractivity contribution >= 4 is 11.9 Å². The predicted molar refractivity (Wildman–Crippen MR) is 287 cm³/mol. The topological polar surface area (TPSA) is 95.9 Å². The normalized spacial score (nSPS) is 12.6. The maximum absolute atomic E-state index is 12.5. The van der Waals surface area contributed by atoms with Crippen LogP contribution >= 0.6 is 0 Å². The molecule has 0 aromatic rings. The van der Waals surface area contributed by atoms with Crippen LogP contribution in [-0.2, 0) is 14.3 Å². The Balaban J connectivity index is 3.43. The highest BCUT2D eigenvalue weighted by molar-refractivity contribution is 5.76. The SMILES string of the molecule is CCCCCCCC/C=C\CCCCCCCCCCCC(=O)OCCCCCCCCCCCCCCC(=O)NC(CO)C(O)CCCCCCCCCCCCCCCCCCCC. The average molecular weight is 933 g/mol. The third-order valence-corrected chi connectivity index (χ3v) is 14.1. The third kappa shape index (κ3) is 52.0. The van der Waals surface area contributed by atoms with Gasteiger partial charge in [-0.1, -0.05) is 283 Å². The Morgan fingerprint density at radius 1 is 0.409 bits per heavy atom. The lowest BCUT2D eigenvalue weighted by Gasteiger charge is -2.22. The summed E-state index contributed by atoms with van der Waals surface area (Å²) in [5.74, 6) is -0.0559. The maximum Gasteiger partial charge on any atom is 0.305 e. The number of hydrogen-bond donors (Lipinski definition) is 3. The van der Waals surface area contributed by atoms with Crippen LogP contribution in [-0.4, -0.2) is 47.4 Å². The Morgan fingerprint density at radius 2 is 0.712 bits per heavy atom. The number of hydrogen-bond acceptors (Lipinski definition) is 5. The van der Waals surface area contributed by atoms with E-state index < -0.39 is 12.1 Å². The van der Waals surface area contributed by atoms with E-state index in [4.69, 9.17) is 4.74 Å². The lowest BCUT2D eigenvalue weighted by Crippen LogP contribution is -2.45. The van der Waals surface area contributed by atoms with Gasteiger partial charge in [-0.15, -0.1) is 0 Å². The van der Waals surface area contributed by atoms with Gasteiger partial charge in [0.05, 0.1) is 25.4 Å². The molecule has 0 fully saturated rings. The smallest absolute Gasteiger partial charge is 0.305 e. The summed E-state index contributed by atoms with van der Waals surface area (Å²) in [5, 5.41) is 23.3. The van der Waals surface area contributed by atoms with E-state index in [1.165, 1.54) is 244 Å². The first-order valence-corrected chi connectivity index (χ1v) is 29.9. The van der Waals surface area contributed by atoms with Crippen LogP contribution in [0.3, 0.4) is 0 Å². The molecule has 392 valence electrons. The van der Waals surface area contributed by atoms with E-state index in [-0.39, 0.29) is 18.5 Å². The Labute approximate surface area is 412 Å². The number of carbonyl (C=O) groups excluding carboxylic acids is 2. The lowest BCUT2D eigenvalue weighted by atomic mass is 10.0. The minimum atomic E-state index is -0.674. The number of aliphatic hydroxyl groups is 2. The standard InChI is InChI=1S/C60H117NO5/c1-3-5-7-9-11-13-15-17-19-21-23-25-27-29-34-38-42-46-50-54-60(65)66-55-51-47-43-39-35-31-30-33-37-41-45-49-53-59(64)61-57(56-62)58(63)52-48-44-40-36-32-28-26-24-22-20-18-16-14-12-10-8-6-4-2/h17,19,57-58,62-63H,3-16,18,20-56H2,1-2H3,(H,61,64)/b19-17-. The van der Waals surface area contributed by atoms with E-state index in [9.17, 15) is 19.8 Å². The number of aliphatic hydroxyl groups excluding tert-OH is 2. The quantitative estimate of drug-likeness (QED) is 0.0321. The van der Waals surface area contributed by atoms with Gasteiger partial charge in [0.2, 0.25) is 5.91 Å². The molecule has 2 atom stereocenters. The van der Waals surface area contributed by atoms with Crippen LogP contribution in [0.25, 0.3) is 0 Å². The molecule has 0 spiro atoms. The van der Waals surface area contributed by atoms with Crippen molar-refractivity contribution in [1.82, 2.24) is 5.32 Å². The van der Waals surface area contributed by atoms with E-state index in [1.54, 1.807) is 0 Å². The summed E-state index contributed by atoms with van der Waals surface area (Å²) in [7, 11) is 0. The molecule has 6 nitrogen and oxygen atoms in total. The highest BCUT2D eigenvalue weighted by Gasteiger charge is 2.20. The molecule has 2 unspecified atom stereocenters. The van der Waals surface area contributed by atoms with Crippen LogP contribution in [0.1, 0.15) is 335 Å². The molecule has 0 radical (unpaired) electrons. The molecule has 1 amide bonds. The van der Waals surface area contributed by atoms with Crippen LogP contribution < -0.4 is 5.32 Å². The summed E-state index contributed by atoms with van der Waals surface area (Å²) >= 11 is 0. The van der Waals surface area contributed by atoms with Crippen molar-refractivity contribution in [3.8, 4) is 0 Å². The largest absolute Gasteiger partial charge is 0.466 e. The molecule has 0 bridgehead atoms. The van der Waals surface area contributed by atoms with Crippen LogP contribution in [0.5, 0.6) is 0 Å². The first kappa shape index (κ1) is 64.6. The van der Waals surface area contributed by atoms with Crippen molar-refractivity contribution in [3.05, 3.63) is 12.2 Å². The molecule has 3 N–H and O–H groups in total. The second-order valence-electron chi connectivity index (χ2n) is 20.7. The molecule has 6 heteroatoms. The third-order valence-electron chi connectivity index (χ3n) is 14.1. The van der Waals surface area contributed by atoms with Gasteiger partial charge < -0.3 is 20.3 Å². The molecular weight excluding hydrogens is 815 g/mol. The molecule has 66 heavy (non-hydrogen) atoms. The second-order valence-corrected chi connectivity index (χ2v) is 20.7. The van der Waals surface area contributed by atoms with E-state index in [2.05, 4.69) is 31.3 Å². The zero-order chi connectivity index (χ0) is 47.9. The van der Waals surface area contributed by atoms with Gasteiger partial charge in [-0.2, -0.15) is 0 Å². The molecule has 0 aliphatic carbocycles.